The third-order valence-corrected chi connectivity index (χ3v) is 5.68. The van der Waals surface area contributed by atoms with Crippen molar-refractivity contribution in [2.45, 2.75) is 31.6 Å². The van der Waals surface area contributed by atoms with Crippen molar-refractivity contribution in [2.75, 3.05) is 19.6 Å². The molecule has 1 heterocycles. The maximum Gasteiger partial charge on any atom is 0.163 e. The zero-order valence-electron chi connectivity index (χ0n) is 14.2. The minimum Gasteiger partial charge on any atom is -0.303 e. The number of ketones is 1. The summed E-state index contributed by atoms with van der Waals surface area (Å²) in [6.45, 7) is 3.39. The number of piperidine rings is 1. The normalized spacial score (nSPS) is 22.3. The Labute approximate surface area is 144 Å². The Morgan fingerprint density at radius 2 is 1.58 bits per heavy atom. The average Bonchev–Trinajstić information content (AvgIpc) is 2.63. The van der Waals surface area contributed by atoms with Crippen molar-refractivity contribution in [1.82, 2.24) is 4.90 Å². The molecule has 2 nitrogen and oxygen atoms in total. The molecule has 1 aliphatic carbocycles. The van der Waals surface area contributed by atoms with Crippen molar-refractivity contribution in [3.63, 3.8) is 0 Å². The Hall–Kier alpha value is -1.93. The average molecular weight is 319 g/mol. The van der Waals surface area contributed by atoms with Crippen LogP contribution in [0.1, 0.15) is 46.7 Å². The van der Waals surface area contributed by atoms with E-state index in [4.69, 9.17) is 0 Å². The summed E-state index contributed by atoms with van der Waals surface area (Å²) in [5.41, 5.74) is 3.69. The van der Waals surface area contributed by atoms with Crippen LogP contribution >= 0.6 is 0 Å². The molecule has 1 aliphatic heterocycles. The van der Waals surface area contributed by atoms with Crippen LogP contribution in [0.15, 0.2) is 54.6 Å². The molecule has 1 fully saturated rings. The van der Waals surface area contributed by atoms with E-state index in [0.29, 0.717) is 17.6 Å². The standard InChI is InChI=1S/C22H25NO/c24-22-15-17(14-20-8-4-5-9-21(20)22)16-23-12-10-19(11-13-23)18-6-2-1-3-7-18/h1-9,17,19H,10-16H2/t17-/m1/s1. The van der Waals surface area contributed by atoms with Crippen molar-refractivity contribution in [2.24, 2.45) is 5.92 Å². The smallest absolute Gasteiger partial charge is 0.163 e. The van der Waals surface area contributed by atoms with Gasteiger partial charge in [-0.3, -0.25) is 4.79 Å². The lowest BCUT2D eigenvalue weighted by molar-refractivity contribution is 0.0921. The fraction of sp³-hybridized carbons (Fsp3) is 0.409. The molecule has 24 heavy (non-hydrogen) atoms. The Morgan fingerprint density at radius 3 is 2.38 bits per heavy atom. The molecule has 1 saturated heterocycles. The summed E-state index contributed by atoms with van der Waals surface area (Å²) < 4.78 is 0. The minimum absolute atomic E-state index is 0.334. The molecule has 2 aromatic rings. The second-order valence-electron chi connectivity index (χ2n) is 7.34. The van der Waals surface area contributed by atoms with Gasteiger partial charge in [-0.05, 0) is 55.3 Å². The molecular weight excluding hydrogens is 294 g/mol. The first-order chi connectivity index (χ1) is 11.8. The molecule has 0 radical (unpaired) electrons. The van der Waals surface area contributed by atoms with E-state index in [2.05, 4.69) is 47.4 Å². The molecule has 2 aliphatic rings. The number of benzene rings is 2. The summed E-state index contributed by atoms with van der Waals surface area (Å²) in [6.07, 6.45) is 4.25. The van der Waals surface area contributed by atoms with Gasteiger partial charge in [0.25, 0.3) is 0 Å². The Balaban J connectivity index is 1.34. The summed E-state index contributed by atoms with van der Waals surface area (Å²) in [6, 6.07) is 19.1. The van der Waals surface area contributed by atoms with Crippen LogP contribution in [0, 0.1) is 5.92 Å². The number of rotatable bonds is 3. The highest BCUT2D eigenvalue weighted by Crippen LogP contribution is 2.30. The van der Waals surface area contributed by atoms with E-state index in [9.17, 15) is 4.79 Å². The first-order valence-corrected chi connectivity index (χ1v) is 9.18. The SMILES string of the molecule is O=C1C[C@H](CN2CCC(c3ccccc3)CC2)Cc2ccccc21. The van der Waals surface area contributed by atoms with Gasteiger partial charge in [-0.25, -0.2) is 0 Å². The van der Waals surface area contributed by atoms with Crippen molar-refractivity contribution in [3.05, 3.63) is 71.3 Å². The van der Waals surface area contributed by atoms with Gasteiger partial charge in [-0.1, -0.05) is 54.6 Å². The van der Waals surface area contributed by atoms with Gasteiger partial charge in [0, 0.05) is 18.5 Å². The molecule has 0 N–H and O–H groups in total. The van der Waals surface area contributed by atoms with Crippen LogP contribution in [0.5, 0.6) is 0 Å². The summed E-state index contributed by atoms with van der Waals surface area (Å²) in [5, 5.41) is 0. The van der Waals surface area contributed by atoms with Crippen molar-refractivity contribution >= 4 is 5.78 Å². The first kappa shape index (κ1) is 15.6. The molecule has 124 valence electrons. The van der Waals surface area contributed by atoms with Gasteiger partial charge in [0.05, 0.1) is 0 Å². The number of hydrogen-bond donors (Lipinski definition) is 0. The lowest BCUT2D eigenvalue weighted by atomic mass is 9.82. The van der Waals surface area contributed by atoms with Crippen molar-refractivity contribution in [1.29, 1.82) is 0 Å². The van der Waals surface area contributed by atoms with Crippen LogP contribution in [0.25, 0.3) is 0 Å². The fourth-order valence-electron chi connectivity index (χ4n) is 4.39. The first-order valence-electron chi connectivity index (χ1n) is 9.18. The monoisotopic (exact) mass is 319 g/mol. The Bertz CT molecular complexity index is 701. The lowest BCUT2D eigenvalue weighted by Crippen LogP contribution is -2.38. The highest BCUT2D eigenvalue weighted by Gasteiger charge is 2.28. The van der Waals surface area contributed by atoms with Crippen LogP contribution in [0.3, 0.4) is 0 Å². The zero-order chi connectivity index (χ0) is 16.4. The van der Waals surface area contributed by atoms with E-state index in [1.807, 2.05) is 12.1 Å². The third-order valence-electron chi connectivity index (χ3n) is 5.68. The Kier molecular flexibility index (Phi) is 4.48. The molecule has 4 rings (SSSR count). The molecule has 1 atom stereocenters. The van der Waals surface area contributed by atoms with E-state index < -0.39 is 0 Å². The molecule has 2 heteroatoms. The van der Waals surface area contributed by atoms with Crippen LogP contribution in [0.2, 0.25) is 0 Å². The molecule has 0 bridgehead atoms. The largest absolute Gasteiger partial charge is 0.303 e. The molecule has 0 amide bonds. The highest BCUT2D eigenvalue weighted by molar-refractivity contribution is 5.98. The second-order valence-corrected chi connectivity index (χ2v) is 7.34. The van der Waals surface area contributed by atoms with Gasteiger partial charge in [0.15, 0.2) is 5.78 Å². The maximum absolute atomic E-state index is 12.4. The van der Waals surface area contributed by atoms with E-state index >= 15 is 0 Å². The summed E-state index contributed by atoms with van der Waals surface area (Å²) in [4.78, 5) is 14.9. The number of hydrogen-bond acceptors (Lipinski definition) is 2. The second kappa shape index (κ2) is 6.90. The quantitative estimate of drug-likeness (QED) is 0.840. The topological polar surface area (TPSA) is 20.3 Å². The number of Topliss-reactive ketones (excluding diaryl/α,β-unsaturated/α-hetero) is 1. The van der Waals surface area contributed by atoms with Gasteiger partial charge in [0.2, 0.25) is 0 Å². The highest BCUT2D eigenvalue weighted by atomic mass is 16.1. The molecule has 2 aromatic carbocycles. The summed E-state index contributed by atoms with van der Waals surface area (Å²) in [7, 11) is 0. The molecule has 0 unspecified atom stereocenters. The molecule has 0 saturated carbocycles. The predicted molar refractivity (Wildman–Crippen MR) is 97.4 cm³/mol. The van der Waals surface area contributed by atoms with Crippen molar-refractivity contribution in [3.8, 4) is 0 Å². The number of likely N-dealkylation sites (tertiary alicyclic amines) is 1. The summed E-state index contributed by atoms with van der Waals surface area (Å²) in [5.74, 6) is 1.53. The van der Waals surface area contributed by atoms with Gasteiger partial charge in [-0.2, -0.15) is 0 Å². The molecule has 0 aromatic heterocycles. The summed E-state index contributed by atoms with van der Waals surface area (Å²) >= 11 is 0. The zero-order valence-corrected chi connectivity index (χ0v) is 14.2. The van der Waals surface area contributed by atoms with Crippen molar-refractivity contribution < 1.29 is 4.79 Å². The molecule has 0 spiro atoms. The predicted octanol–water partition coefficient (Wildman–Crippen LogP) is 4.31. The van der Waals surface area contributed by atoms with Gasteiger partial charge >= 0.3 is 0 Å². The minimum atomic E-state index is 0.334. The number of carbonyl (C=O) groups excluding carboxylic acids is 1. The van der Waals surface area contributed by atoms with E-state index in [-0.39, 0.29) is 0 Å². The van der Waals surface area contributed by atoms with Gasteiger partial charge in [-0.15, -0.1) is 0 Å². The van der Waals surface area contributed by atoms with Gasteiger partial charge < -0.3 is 4.90 Å². The van der Waals surface area contributed by atoms with Crippen LogP contribution in [0.4, 0.5) is 0 Å². The van der Waals surface area contributed by atoms with E-state index in [1.165, 1.54) is 24.0 Å². The third kappa shape index (κ3) is 3.29. The fourth-order valence-corrected chi connectivity index (χ4v) is 4.39. The van der Waals surface area contributed by atoms with Crippen LogP contribution in [-0.4, -0.2) is 30.3 Å². The number of fused-ring (bicyclic) bond motifs is 1. The number of nitrogens with zero attached hydrogens (tertiary/aromatic N) is 1. The Morgan fingerprint density at radius 1 is 0.875 bits per heavy atom. The van der Waals surface area contributed by atoms with Gasteiger partial charge in [0.1, 0.15) is 0 Å². The maximum atomic E-state index is 12.4. The molecular formula is C22H25NO. The van der Waals surface area contributed by atoms with E-state index in [0.717, 1.165) is 38.0 Å². The lowest BCUT2D eigenvalue weighted by Gasteiger charge is -2.35. The van der Waals surface area contributed by atoms with Crippen LogP contribution in [-0.2, 0) is 6.42 Å². The number of carbonyl (C=O) groups is 1. The van der Waals surface area contributed by atoms with Crippen LogP contribution < -0.4 is 0 Å². The van der Waals surface area contributed by atoms with E-state index in [1.54, 1.807) is 0 Å².